The number of nitrogens with one attached hydrogen (secondary N) is 1. The third-order valence-electron chi connectivity index (χ3n) is 2.03. The first-order valence-corrected chi connectivity index (χ1v) is 6.70. The molecule has 1 N–H and O–H groups in total. The molecule has 0 aliphatic heterocycles. The molecule has 5 nitrogen and oxygen atoms in total. The normalized spacial score (nSPS) is 11.3. The largest absolute Gasteiger partial charge is 0.266 e. The van der Waals surface area contributed by atoms with Crippen LogP contribution in [-0.2, 0) is 10.0 Å². The van der Waals surface area contributed by atoms with Crippen LogP contribution in [0, 0.1) is 11.6 Å². The van der Waals surface area contributed by atoms with E-state index in [1.54, 1.807) is 0 Å². The van der Waals surface area contributed by atoms with Gasteiger partial charge in [-0.05, 0) is 18.2 Å². The van der Waals surface area contributed by atoms with Crippen molar-refractivity contribution in [2.45, 2.75) is 4.90 Å². The Hall–Kier alpha value is -1.80. The second-order valence-electron chi connectivity index (χ2n) is 3.41. The fourth-order valence-electron chi connectivity index (χ4n) is 1.27. The van der Waals surface area contributed by atoms with Crippen molar-refractivity contribution >= 4 is 27.4 Å². The Morgan fingerprint density at radius 2 is 1.95 bits per heavy atom. The maximum absolute atomic E-state index is 13.4. The van der Waals surface area contributed by atoms with Crippen molar-refractivity contribution in [1.82, 2.24) is 9.97 Å². The molecule has 0 bridgehead atoms. The van der Waals surface area contributed by atoms with Gasteiger partial charge in [0.15, 0.2) is 5.82 Å². The molecule has 0 atom stereocenters. The smallest absolute Gasteiger partial charge is 0.262 e. The standard InChI is InChI=1S/C10H6ClF2N3O2S/c11-9-4-14-5-10(15-9)16-19(17,18)8-3-6(12)1-2-7(8)13/h1-5H,(H,15,16). The predicted molar refractivity (Wildman–Crippen MR) is 64.2 cm³/mol. The van der Waals surface area contributed by atoms with Gasteiger partial charge >= 0.3 is 0 Å². The molecule has 0 fully saturated rings. The van der Waals surface area contributed by atoms with Crippen molar-refractivity contribution in [2.24, 2.45) is 0 Å². The van der Waals surface area contributed by atoms with E-state index in [0.29, 0.717) is 12.1 Å². The molecule has 0 saturated carbocycles. The molecule has 19 heavy (non-hydrogen) atoms. The van der Waals surface area contributed by atoms with Crippen LogP contribution in [0.15, 0.2) is 35.5 Å². The minimum atomic E-state index is -4.31. The van der Waals surface area contributed by atoms with Crippen LogP contribution in [0.25, 0.3) is 0 Å². The summed E-state index contributed by atoms with van der Waals surface area (Å²) in [6.07, 6.45) is 2.28. The Bertz CT molecular complexity index is 724. The van der Waals surface area contributed by atoms with Crippen LogP contribution in [0.1, 0.15) is 0 Å². The Kier molecular flexibility index (Phi) is 3.63. The zero-order valence-corrected chi connectivity index (χ0v) is 10.7. The molecule has 1 heterocycles. The van der Waals surface area contributed by atoms with E-state index in [1.807, 2.05) is 4.72 Å². The summed E-state index contributed by atoms with van der Waals surface area (Å²) in [5.74, 6) is -2.15. The van der Waals surface area contributed by atoms with Crippen LogP contribution < -0.4 is 4.72 Å². The molecule has 0 amide bonds. The third kappa shape index (κ3) is 3.15. The topological polar surface area (TPSA) is 72.0 Å². The minimum Gasteiger partial charge on any atom is -0.262 e. The van der Waals surface area contributed by atoms with Gasteiger partial charge in [-0.1, -0.05) is 11.6 Å². The Morgan fingerprint density at radius 3 is 2.63 bits per heavy atom. The van der Waals surface area contributed by atoms with Crippen molar-refractivity contribution < 1.29 is 17.2 Å². The number of halogens is 3. The number of benzene rings is 1. The zero-order chi connectivity index (χ0) is 14.0. The molecule has 1 aromatic carbocycles. The van der Waals surface area contributed by atoms with Gasteiger partial charge in [0.05, 0.1) is 12.4 Å². The van der Waals surface area contributed by atoms with E-state index in [2.05, 4.69) is 9.97 Å². The average Bonchev–Trinajstić information content (AvgIpc) is 2.31. The van der Waals surface area contributed by atoms with Crippen LogP contribution >= 0.6 is 11.6 Å². The van der Waals surface area contributed by atoms with E-state index in [9.17, 15) is 17.2 Å². The molecule has 1 aromatic heterocycles. The van der Waals surface area contributed by atoms with E-state index < -0.39 is 26.6 Å². The molecule has 9 heteroatoms. The van der Waals surface area contributed by atoms with Gasteiger partial charge in [0.25, 0.3) is 10.0 Å². The second kappa shape index (κ2) is 5.06. The highest BCUT2D eigenvalue weighted by atomic mass is 35.5. The molecule has 0 spiro atoms. The molecule has 100 valence electrons. The van der Waals surface area contributed by atoms with Gasteiger partial charge in [0, 0.05) is 0 Å². The summed E-state index contributed by atoms with van der Waals surface area (Å²) >= 11 is 5.53. The summed E-state index contributed by atoms with van der Waals surface area (Å²) in [6, 6.07) is 2.09. The zero-order valence-electron chi connectivity index (χ0n) is 9.14. The lowest BCUT2D eigenvalue weighted by molar-refractivity contribution is 0.555. The molecular weight excluding hydrogens is 300 g/mol. The van der Waals surface area contributed by atoms with Gasteiger partial charge in [0.1, 0.15) is 21.7 Å². The number of hydrogen-bond acceptors (Lipinski definition) is 4. The van der Waals surface area contributed by atoms with E-state index in [4.69, 9.17) is 11.6 Å². The summed E-state index contributed by atoms with van der Waals surface area (Å²) in [7, 11) is -4.31. The maximum atomic E-state index is 13.4. The maximum Gasteiger partial charge on any atom is 0.266 e. The summed E-state index contributed by atoms with van der Waals surface area (Å²) < 4.78 is 52.0. The fraction of sp³-hybridized carbons (Fsp3) is 0. The molecule has 2 rings (SSSR count). The number of nitrogens with zero attached hydrogens (tertiary/aromatic N) is 2. The van der Waals surface area contributed by atoms with Crippen LogP contribution in [0.3, 0.4) is 0 Å². The summed E-state index contributed by atoms with van der Waals surface area (Å²) in [6.45, 7) is 0. The van der Waals surface area contributed by atoms with Crippen molar-refractivity contribution in [3.8, 4) is 0 Å². The third-order valence-corrected chi connectivity index (χ3v) is 3.58. The van der Waals surface area contributed by atoms with Crippen LogP contribution in [0.2, 0.25) is 5.15 Å². The van der Waals surface area contributed by atoms with Gasteiger partial charge in [-0.3, -0.25) is 9.71 Å². The van der Waals surface area contributed by atoms with Crippen molar-refractivity contribution in [3.05, 3.63) is 47.4 Å². The van der Waals surface area contributed by atoms with Crippen molar-refractivity contribution in [1.29, 1.82) is 0 Å². The molecule has 0 unspecified atom stereocenters. The highest BCUT2D eigenvalue weighted by Gasteiger charge is 2.20. The van der Waals surface area contributed by atoms with Gasteiger partial charge < -0.3 is 0 Å². The first-order valence-electron chi connectivity index (χ1n) is 4.84. The van der Waals surface area contributed by atoms with Crippen molar-refractivity contribution in [2.75, 3.05) is 4.72 Å². The lowest BCUT2D eigenvalue weighted by Crippen LogP contribution is -2.16. The lowest BCUT2D eigenvalue weighted by atomic mass is 10.3. The number of anilines is 1. The highest BCUT2D eigenvalue weighted by Crippen LogP contribution is 2.19. The summed E-state index contributed by atoms with van der Waals surface area (Å²) in [5, 5.41) is -0.0417. The van der Waals surface area contributed by atoms with E-state index in [-0.39, 0.29) is 11.0 Å². The van der Waals surface area contributed by atoms with E-state index >= 15 is 0 Å². The molecule has 2 aromatic rings. The van der Waals surface area contributed by atoms with Crippen molar-refractivity contribution in [3.63, 3.8) is 0 Å². The fourth-order valence-corrected chi connectivity index (χ4v) is 2.49. The highest BCUT2D eigenvalue weighted by molar-refractivity contribution is 7.92. The second-order valence-corrected chi connectivity index (χ2v) is 5.45. The Labute approximate surface area is 112 Å². The van der Waals surface area contributed by atoms with E-state index in [0.717, 1.165) is 12.3 Å². The number of hydrogen-bond donors (Lipinski definition) is 1. The summed E-state index contributed by atoms with van der Waals surface area (Å²) in [4.78, 5) is 6.42. The molecule has 0 aliphatic carbocycles. The average molecular weight is 306 g/mol. The lowest BCUT2D eigenvalue weighted by Gasteiger charge is -2.07. The first-order chi connectivity index (χ1) is 8.88. The van der Waals surface area contributed by atoms with Crippen LogP contribution in [-0.4, -0.2) is 18.4 Å². The van der Waals surface area contributed by atoms with Gasteiger partial charge in [0.2, 0.25) is 0 Å². The Balaban J connectivity index is 2.40. The molecule has 0 aliphatic rings. The number of sulfonamides is 1. The minimum absolute atomic E-state index is 0.0417. The van der Waals surface area contributed by atoms with Gasteiger partial charge in [-0.2, -0.15) is 0 Å². The quantitative estimate of drug-likeness (QED) is 0.943. The van der Waals surface area contributed by atoms with Crippen LogP contribution in [0.5, 0.6) is 0 Å². The monoisotopic (exact) mass is 305 g/mol. The summed E-state index contributed by atoms with van der Waals surface area (Å²) in [5.41, 5.74) is 0. The number of aromatic nitrogens is 2. The van der Waals surface area contributed by atoms with Gasteiger partial charge in [-0.15, -0.1) is 0 Å². The van der Waals surface area contributed by atoms with Crippen LogP contribution in [0.4, 0.5) is 14.6 Å². The van der Waals surface area contributed by atoms with Gasteiger partial charge in [-0.25, -0.2) is 22.2 Å². The number of rotatable bonds is 3. The molecular formula is C10H6ClF2N3O2S. The predicted octanol–water partition coefficient (Wildman–Crippen LogP) is 2.21. The molecule has 0 saturated heterocycles. The Morgan fingerprint density at radius 1 is 1.21 bits per heavy atom. The first kappa shape index (κ1) is 13.6. The van der Waals surface area contributed by atoms with E-state index in [1.165, 1.54) is 6.20 Å². The molecule has 0 radical (unpaired) electrons. The SMILES string of the molecule is O=S(=O)(Nc1cncc(Cl)n1)c1cc(F)ccc1F.